The second-order valence-corrected chi connectivity index (χ2v) is 5.98. The standard InChI is InChI=1S/C12H19N3OS.ClH/c1-7-8(2)17-12(14-7)15-11(16)9-4-3-5-10(13)6-9;/h9-10H,3-6,13H2,1-2H3,(H,14,15,16);1H. The van der Waals surface area contributed by atoms with E-state index in [0.29, 0.717) is 5.13 Å². The highest BCUT2D eigenvalue weighted by molar-refractivity contribution is 7.15. The summed E-state index contributed by atoms with van der Waals surface area (Å²) in [6.07, 6.45) is 3.84. The largest absolute Gasteiger partial charge is 0.328 e. The molecular formula is C12H20ClN3OS. The van der Waals surface area contributed by atoms with Crippen molar-refractivity contribution < 1.29 is 4.79 Å². The zero-order valence-corrected chi connectivity index (χ0v) is 12.4. The third-order valence-electron chi connectivity index (χ3n) is 3.34. The first-order valence-corrected chi connectivity index (χ1v) is 6.88. The summed E-state index contributed by atoms with van der Waals surface area (Å²) in [6, 6.07) is 0.180. The molecule has 2 rings (SSSR count). The van der Waals surface area contributed by atoms with Crippen LogP contribution in [0.1, 0.15) is 36.3 Å². The lowest BCUT2D eigenvalue weighted by Crippen LogP contribution is -2.34. The van der Waals surface area contributed by atoms with Gasteiger partial charge in [-0.25, -0.2) is 4.98 Å². The SMILES string of the molecule is Cc1nc(NC(=O)C2CCCC(N)C2)sc1C.Cl. The quantitative estimate of drug-likeness (QED) is 0.879. The Morgan fingerprint density at radius 2 is 2.17 bits per heavy atom. The summed E-state index contributed by atoms with van der Waals surface area (Å²) < 4.78 is 0. The third-order valence-corrected chi connectivity index (χ3v) is 4.33. The smallest absolute Gasteiger partial charge is 0.229 e. The van der Waals surface area contributed by atoms with Crippen LogP contribution in [-0.4, -0.2) is 16.9 Å². The zero-order chi connectivity index (χ0) is 12.4. The first-order valence-electron chi connectivity index (χ1n) is 6.06. The van der Waals surface area contributed by atoms with Gasteiger partial charge in [0.25, 0.3) is 0 Å². The molecule has 4 nitrogen and oxygen atoms in total. The van der Waals surface area contributed by atoms with Crippen molar-refractivity contribution in [2.75, 3.05) is 5.32 Å². The molecule has 2 unspecified atom stereocenters. The Hall–Kier alpha value is -0.650. The number of anilines is 1. The third kappa shape index (κ3) is 3.67. The van der Waals surface area contributed by atoms with Crippen molar-refractivity contribution in [3.05, 3.63) is 10.6 Å². The van der Waals surface area contributed by atoms with Gasteiger partial charge < -0.3 is 11.1 Å². The molecule has 1 aromatic rings. The van der Waals surface area contributed by atoms with E-state index in [1.54, 1.807) is 0 Å². The maximum absolute atomic E-state index is 12.0. The van der Waals surface area contributed by atoms with E-state index in [4.69, 9.17) is 5.73 Å². The summed E-state index contributed by atoms with van der Waals surface area (Å²) in [7, 11) is 0. The Morgan fingerprint density at radius 1 is 1.44 bits per heavy atom. The predicted molar refractivity (Wildman–Crippen MR) is 77.4 cm³/mol. The lowest BCUT2D eigenvalue weighted by Gasteiger charge is -2.25. The van der Waals surface area contributed by atoms with Gasteiger partial charge in [0, 0.05) is 16.8 Å². The number of rotatable bonds is 2. The summed E-state index contributed by atoms with van der Waals surface area (Å²) in [5, 5.41) is 3.62. The minimum atomic E-state index is 0. The van der Waals surface area contributed by atoms with Crippen molar-refractivity contribution in [3.63, 3.8) is 0 Å². The van der Waals surface area contributed by atoms with Gasteiger partial charge in [0.15, 0.2) is 5.13 Å². The minimum Gasteiger partial charge on any atom is -0.328 e. The predicted octanol–water partition coefficient (Wildman–Crippen LogP) is 2.64. The molecule has 1 saturated carbocycles. The first kappa shape index (κ1) is 15.4. The lowest BCUT2D eigenvalue weighted by molar-refractivity contribution is -0.120. The summed E-state index contributed by atoms with van der Waals surface area (Å²) in [5.74, 6) is 0.136. The molecule has 6 heteroatoms. The van der Waals surface area contributed by atoms with Crippen molar-refractivity contribution in [2.45, 2.75) is 45.6 Å². The molecule has 0 aromatic carbocycles. The van der Waals surface area contributed by atoms with Crippen LogP contribution in [0.2, 0.25) is 0 Å². The highest BCUT2D eigenvalue weighted by Gasteiger charge is 2.25. The molecule has 0 spiro atoms. The molecular weight excluding hydrogens is 270 g/mol. The number of aromatic nitrogens is 1. The molecule has 18 heavy (non-hydrogen) atoms. The summed E-state index contributed by atoms with van der Waals surface area (Å²) >= 11 is 1.53. The van der Waals surface area contributed by atoms with Crippen LogP contribution < -0.4 is 11.1 Å². The molecule has 1 aromatic heterocycles. The molecule has 3 N–H and O–H groups in total. The Balaban J connectivity index is 0.00000162. The topological polar surface area (TPSA) is 68.0 Å². The summed E-state index contributed by atoms with van der Waals surface area (Å²) in [6.45, 7) is 3.97. The summed E-state index contributed by atoms with van der Waals surface area (Å²) in [4.78, 5) is 17.5. The van der Waals surface area contributed by atoms with Gasteiger partial charge in [-0.2, -0.15) is 0 Å². The Labute approximate surface area is 118 Å². The van der Waals surface area contributed by atoms with Gasteiger partial charge in [0.05, 0.1) is 5.69 Å². The van der Waals surface area contributed by atoms with Crippen LogP contribution in [0.5, 0.6) is 0 Å². The number of amides is 1. The van der Waals surface area contributed by atoms with E-state index in [9.17, 15) is 4.79 Å². The van der Waals surface area contributed by atoms with E-state index in [1.165, 1.54) is 11.3 Å². The number of carbonyl (C=O) groups is 1. The minimum absolute atomic E-state index is 0. The van der Waals surface area contributed by atoms with Gasteiger partial charge in [-0.1, -0.05) is 6.42 Å². The average Bonchev–Trinajstić information content (AvgIpc) is 2.58. The molecule has 2 atom stereocenters. The highest BCUT2D eigenvalue weighted by atomic mass is 35.5. The second-order valence-electron chi connectivity index (χ2n) is 4.77. The van der Waals surface area contributed by atoms with Crippen LogP contribution in [-0.2, 0) is 4.79 Å². The van der Waals surface area contributed by atoms with Crippen LogP contribution >= 0.6 is 23.7 Å². The number of nitrogens with one attached hydrogen (secondary N) is 1. The molecule has 0 aliphatic heterocycles. The number of nitrogens with two attached hydrogens (primary N) is 1. The molecule has 0 saturated heterocycles. The van der Waals surface area contributed by atoms with Crippen LogP contribution in [0, 0.1) is 19.8 Å². The first-order chi connectivity index (χ1) is 8.06. The van der Waals surface area contributed by atoms with Gasteiger partial charge in [0.2, 0.25) is 5.91 Å². The van der Waals surface area contributed by atoms with Crippen LogP contribution in [0.4, 0.5) is 5.13 Å². The monoisotopic (exact) mass is 289 g/mol. The normalized spacial score (nSPS) is 23.3. The van der Waals surface area contributed by atoms with Crippen molar-refractivity contribution in [1.82, 2.24) is 4.98 Å². The number of thiazole rings is 1. The fourth-order valence-electron chi connectivity index (χ4n) is 2.20. The van der Waals surface area contributed by atoms with Crippen LogP contribution in [0.15, 0.2) is 0 Å². The molecule has 1 aliphatic carbocycles. The molecule has 0 radical (unpaired) electrons. The second kappa shape index (κ2) is 6.50. The number of hydrogen-bond acceptors (Lipinski definition) is 4. The number of nitrogens with zero attached hydrogens (tertiary/aromatic N) is 1. The maximum atomic E-state index is 12.0. The molecule has 1 amide bonds. The van der Waals surface area contributed by atoms with Crippen molar-refractivity contribution >= 4 is 34.8 Å². The number of halogens is 1. The number of carbonyl (C=O) groups excluding carboxylic acids is 1. The van der Waals surface area contributed by atoms with Crippen LogP contribution in [0.3, 0.4) is 0 Å². The highest BCUT2D eigenvalue weighted by Crippen LogP contribution is 2.26. The molecule has 1 fully saturated rings. The van der Waals surface area contributed by atoms with Gasteiger partial charge in [0.1, 0.15) is 0 Å². The van der Waals surface area contributed by atoms with E-state index in [2.05, 4.69) is 10.3 Å². The summed E-state index contributed by atoms with van der Waals surface area (Å²) in [5.41, 5.74) is 6.88. The van der Waals surface area contributed by atoms with E-state index < -0.39 is 0 Å². The van der Waals surface area contributed by atoms with Gasteiger partial charge >= 0.3 is 0 Å². The molecule has 1 heterocycles. The number of aryl methyl sites for hydroxylation is 2. The Kier molecular flexibility index (Phi) is 5.56. The fraction of sp³-hybridized carbons (Fsp3) is 0.667. The van der Waals surface area contributed by atoms with Crippen molar-refractivity contribution in [3.8, 4) is 0 Å². The van der Waals surface area contributed by atoms with Crippen molar-refractivity contribution in [2.24, 2.45) is 11.7 Å². The van der Waals surface area contributed by atoms with E-state index in [0.717, 1.165) is 36.3 Å². The van der Waals surface area contributed by atoms with E-state index >= 15 is 0 Å². The van der Waals surface area contributed by atoms with Gasteiger partial charge in [-0.05, 0) is 33.1 Å². The average molecular weight is 290 g/mol. The van der Waals surface area contributed by atoms with Gasteiger partial charge in [-0.3, -0.25) is 4.79 Å². The molecule has 102 valence electrons. The zero-order valence-electron chi connectivity index (χ0n) is 10.7. The number of hydrogen-bond donors (Lipinski definition) is 2. The Bertz CT molecular complexity index is 402. The lowest BCUT2D eigenvalue weighted by atomic mass is 9.86. The van der Waals surface area contributed by atoms with E-state index in [1.807, 2.05) is 13.8 Å². The van der Waals surface area contributed by atoms with Crippen molar-refractivity contribution in [1.29, 1.82) is 0 Å². The Morgan fingerprint density at radius 3 is 2.72 bits per heavy atom. The van der Waals surface area contributed by atoms with E-state index in [-0.39, 0.29) is 30.3 Å². The fourth-order valence-corrected chi connectivity index (χ4v) is 3.02. The van der Waals surface area contributed by atoms with Crippen LogP contribution in [0.25, 0.3) is 0 Å². The maximum Gasteiger partial charge on any atom is 0.229 e. The van der Waals surface area contributed by atoms with Gasteiger partial charge in [-0.15, -0.1) is 23.7 Å². The molecule has 1 aliphatic rings. The molecule has 0 bridgehead atoms.